The number of rotatable bonds is 4. The molecule has 0 unspecified atom stereocenters. The molecule has 0 aromatic heterocycles. The molecule has 0 atom stereocenters. The Morgan fingerprint density at radius 1 is 1.25 bits per heavy atom. The zero-order chi connectivity index (χ0) is 14.5. The lowest BCUT2D eigenvalue weighted by Crippen LogP contribution is -2.01. The quantitative estimate of drug-likeness (QED) is 0.629. The van der Waals surface area contributed by atoms with Crippen molar-refractivity contribution in [3.05, 3.63) is 69.3 Å². The number of nitro groups is 1. The molecule has 0 saturated heterocycles. The highest BCUT2D eigenvalue weighted by atomic mass is 16.6. The van der Waals surface area contributed by atoms with Crippen molar-refractivity contribution in [2.75, 3.05) is 0 Å². The Labute approximate surface area is 116 Å². The predicted octanol–water partition coefficient (Wildman–Crippen LogP) is 3.35. The topological polar surface area (TPSA) is 76.2 Å². The summed E-state index contributed by atoms with van der Waals surface area (Å²) in [5.74, 6) is 0.658. The maximum absolute atomic E-state index is 10.9. The lowest BCUT2D eigenvalue weighted by Gasteiger charge is -2.08. The van der Waals surface area contributed by atoms with Gasteiger partial charge in [-0.1, -0.05) is 29.8 Å². The molecule has 0 aliphatic heterocycles. The Kier molecular flexibility index (Phi) is 3.96. The van der Waals surface area contributed by atoms with Gasteiger partial charge in [-0.3, -0.25) is 10.1 Å². The van der Waals surface area contributed by atoms with Crippen molar-refractivity contribution in [1.82, 2.24) is 0 Å². The van der Waals surface area contributed by atoms with Crippen LogP contribution < -0.4 is 4.74 Å². The van der Waals surface area contributed by atoms with Crippen molar-refractivity contribution in [3.8, 4) is 11.8 Å². The third-order valence-electron chi connectivity index (χ3n) is 2.85. The van der Waals surface area contributed by atoms with Crippen LogP contribution in [-0.2, 0) is 6.61 Å². The maximum Gasteiger partial charge on any atom is 0.287 e. The molecule has 0 saturated carbocycles. The first kappa shape index (κ1) is 13.6. The van der Waals surface area contributed by atoms with Crippen LogP contribution in [0.5, 0.6) is 5.75 Å². The molecule has 0 amide bonds. The van der Waals surface area contributed by atoms with Crippen molar-refractivity contribution in [1.29, 1.82) is 5.26 Å². The van der Waals surface area contributed by atoms with E-state index < -0.39 is 4.92 Å². The van der Waals surface area contributed by atoms with E-state index in [0.717, 1.165) is 5.56 Å². The number of aryl methyl sites for hydroxylation is 1. The second-order valence-corrected chi connectivity index (χ2v) is 4.28. The fraction of sp³-hybridized carbons (Fsp3) is 0.133. The summed E-state index contributed by atoms with van der Waals surface area (Å²) >= 11 is 0. The van der Waals surface area contributed by atoms with Crippen molar-refractivity contribution >= 4 is 5.69 Å². The standard InChI is InChI=1S/C15H12N2O3/c1-11-5-7-13(8-6-11)20-10-12-3-2-4-15(17(18)19)14(12)9-16/h2-8H,10H2,1H3. The lowest BCUT2D eigenvalue weighted by molar-refractivity contribution is -0.385. The molecule has 0 bridgehead atoms. The van der Waals surface area contributed by atoms with Crippen molar-refractivity contribution < 1.29 is 9.66 Å². The van der Waals surface area contributed by atoms with Crippen LogP contribution in [0.25, 0.3) is 0 Å². The van der Waals surface area contributed by atoms with Gasteiger partial charge in [-0.15, -0.1) is 0 Å². The summed E-state index contributed by atoms with van der Waals surface area (Å²) in [5.41, 5.74) is 1.47. The summed E-state index contributed by atoms with van der Waals surface area (Å²) in [4.78, 5) is 10.3. The largest absolute Gasteiger partial charge is 0.489 e. The summed E-state index contributed by atoms with van der Waals surface area (Å²) in [6.07, 6.45) is 0. The zero-order valence-electron chi connectivity index (χ0n) is 10.9. The number of benzene rings is 2. The molecule has 0 N–H and O–H groups in total. The highest BCUT2D eigenvalue weighted by Gasteiger charge is 2.17. The summed E-state index contributed by atoms with van der Waals surface area (Å²) in [6, 6.07) is 13.8. The molecule has 20 heavy (non-hydrogen) atoms. The number of hydrogen-bond acceptors (Lipinski definition) is 4. The van der Waals surface area contributed by atoms with E-state index in [1.165, 1.54) is 6.07 Å². The first-order valence-electron chi connectivity index (χ1n) is 5.97. The summed E-state index contributed by atoms with van der Waals surface area (Å²) in [6.45, 7) is 2.09. The second kappa shape index (κ2) is 5.85. The molecule has 5 nitrogen and oxygen atoms in total. The number of nitro benzene ring substituents is 1. The highest BCUT2D eigenvalue weighted by molar-refractivity contribution is 5.53. The molecule has 0 aliphatic rings. The van der Waals surface area contributed by atoms with Crippen LogP contribution in [0.15, 0.2) is 42.5 Å². The Morgan fingerprint density at radius 3 is 2.55 bits per heavy atom. The van der Waals surface area contributed by atoms with Crippen LogP contribution in [-0.4, -0.2) is 4.92 Å². The van der Waals surface area contributed by atoms with Gasteiger partial charge in [-0.2, -0.15) is 5.26 Å². The van der Waals surface area contributed by atoms with E-state index in [2.05, 4.69) is 0 Å². The molecular weight excluding hydrogens is 256 g/mol. The first-order valence-corrected chi connectivity index (χ1v) is 5.97. The van der Waals surface area contributed by atoms with Gasteiger partial charge in [0.1, 0.15) is 24.0 Å². The first-order chi connectivity index (χ1) is 9.61. The molecule has 2 rings (SSSR count). The average molecular weight is 268 g/mol. The molecule has 100 valence electrons. The number of nitrogens with zero attached hydrogens (tertiary/aromatic N) is 2. The van der Waals surface area contributed by atoms with Crippen molar-refractivity contribution in [3.63, 3.8) is 0 Å². The molecule has 2 aromatic rings. The van der Waals surface area contributed by atoms with E-state index in [1.807, 2.05) is 37.3 Å². The molecule has 0 aliphatic carbocycles. The molecule has 0 fully saturated rings. The third kappa shape index (κ3) is 2.93. The van der Waals surface area contributed by atoms with Crippen LogP contribution in [0.4, 0.5) is 5.69 Å². The lowest BCUT2D eigenvalue weighted by atomic mass is 10.1. The monoisotopic (exact) mass is 268 g/mol. The molecule has 5 heteroatoms. The van der Waals surface area contributed by atoms with Gasteiger partial charge in [0.05, 0.1) is 4.92 Å². The SMILES string of the molecule is Cc1ccc(OCc2cccc([N+](=O)[O-])c2C#N)cc1. The van der Waals surface area contributed by atoms with Crippen LogP contribution in [0.2, 0.25) is 0 Å². The molecule has 0 radical (unpaired) electrons. The summed E-state index contributed by atoms with van der Waals surface area (Å²) in [7, 11) is 0. The maximum atomic E-state index is 10.9. The minimum atomic E-state index is -0.562. The Bertz CT molecular complexity index is 673. The summed E-state index contributed by atoms with van der Waals surface area (Å²) in [5, 5.41) is 19.9. The number of hydrogen-bond donors (Lipinski definition) is 0. The smallest absolute Gasteiger partial charge is 0.287 e. The average Bonchev–Trinajstić information content (AvgIpc) is 2.46. The Hall–Kier alpha value is -2.87. The van der Waals surface area contributed by atoms with E-state index in [0.29, 0.717) is 11.3 Å². The van der Waals surface area contributed by atoms with E-state index >= 15 is 0 Å². The highest BCUT2D eigenvalue weighted by Crippen LogP contribution is 2.23. The molecule has 0 spiro atoms. The van der Waals surface area contributed by atoms with Crippen molar-refractivity contribution in [2.24, 2.45) is 0 Å². The van der Waals surface area contributed by atoms with Crippen LogP contribution in [0, 0.1) is 28.4 Å². The van der Waals surface area contributed by atoms with Gasteiger partial charge in [-0.25, -0.2) is 0 Å². The van der Waals surface area contributed by atoms with Gasteiger partial charge in [0.2, 0.25) is 0 Å². The summed E-state index contributed by atoms with van der Waals surface area (Å²) < 4.78 is 5.55. The molecular formula is C15H12N2O3. The minimum Gasteiger partial charge on any atom is -0.489 e. The van der Waals surface area contributed by atoms with Gasteiger partial charge in [-0.05, 0) is 19.1 Å². The normalized spacial score (nSPS) is 9.80. The molecule has 2 aromatic carbocycles. The van der Waals surface area contributed by atoms with E-state index in [1.54, 1.807) is 12.1 Å². The van der Waals surface area contributed by atoms with Crippen LogP contribution in [0.3, 0.4) is 0 Å². The van der Waals surface area contributed by atoms with Crippen molar-refractivity contribution in [2.45, 2.75) is 13.5 Å². The fourth-order valence-electron chi connectivity index (χ4n) is 1.78. The van der Waals surface area contributed by atoms with Gasteiger partial charge >= 0.3 is 0 Å². The Balaban J connectivity index is 2.22. The third-order valence-corrected chi connectivity index (χ3v) is 2.85. The second-order valence-electron chi connectivity index (χ2n) is 4.28. The molecule has 0 heterocycles. The minimum absolute atomic E-state index is 0.0459. The predicted molar refractivity (Wildman–Crippen MR) is 73.3 cm³/mol. The van der Waals surface area contributed by atoms with Crippen LogP contribution >= 0.6 is 0 Å². The number of nitriles is 1. The zero-order valence-corrected chi connectivity index (χ0v) is 10.9. The van der Waals surface area contributed by atoms with Gasteiger partial charge in [0, 0.05) is 11.6 Å². The van der Waals surface area contributed by atoms with E-state index in [-0.39, 0.29) is 17.9 Å². The van der Waals surface area contributed by atoms with Gasteiger partial charge in [0.25, 0.3) is 5.69 Å². The van der Waals surface area contributed by atoms with Crippen LogP contribution in [0.1, 0.15) is 16.7 Å². The van der Waals surface area contributed by atoms with E-state index in [4.69, 9.17) is 10.00 Å². The Morgan fingerprint density at radius 2 is 1.95 bits per heavy atom. The van der Waals surface area contributed by atoms with E-state index in [9.17, 15) is 10.1 Å². The fourth-order valence-corrected chi connectivity index (χ4v) is 1.78. The van der Waals surface area contributed by atoms with Gasteiger partial charge in [0.15, 0.2) is 0 Å². The number of ether oxygens (including phenoxy) is 1. The van der Waals surface area contributed by atoms with Gasteiger partial charge < -0.3 is 4.74 Å².